The summed E-state index contributed by atoms with van der Waals surface area (Å²) < 4.78 is 47.4. The van der Waals surface area contributed by atoms with Crippen molar-refractivity contribution in [1.82, 2.24) is 20.4 Å². The van der Waals surface area contributed by atoms with Crippen molar-refractivity contribution in [2.75, 3.05) is 13.6 Å². The van der Waals surface area contributed by atoms with Crippen LogP contribution in [0.3, 0.4) is 0 Å². The normalized spacial score (nSPS) is 24.7. The highest BCUT2D eigenvalue weighted by molar-refractivity contribution is 8.01. The third kappa shape index (κ3) is 7.69. The fourth-order valence-electron chi connectivity index (χ4n) is 7.01. The molecule has 4 amide bonds. The molecule has 2 aromatic rings. The number of fused-ring (bicyclic) bond motifs is 2. The van der Waals surface area contributed by atoms with Crippen molar-refractivity contribution in [2.24, 2.45) is 0 Å². The monoisotopic (exact) mass is 847 g/mol. The Balaban J connectivity index is 0.980. The number of nitro benzene ring substituents is 1. The molecule has 2 aromatic carbocycles. The maximum Gasteiger partial charge on any atom is 0.514 e. The zero-order valence-electron chi connectivity index (χ0n) is 31.2. The Morgan fingerprint density at radius 1 is 0.879 bits per heavy atom. The molecule has 58 heavy (non-hydrogen) atoms. The lowest BCUT2D eigenvalue weighted by Gasteiger charge is -2.44. The van der Waals surface area contributed by atoms with Gasteiger partial charge in [0.15, 0.2) is 9.84 Å². The number of hydrogen-bond acceptors (Lipinski definition) is 17. The van der Waals surface area contributed by atoms with Gasteiger partial charge in [0.25, 0.3) is 5.69 Å². The first-order valence-corrected chi connectivity index (χ1v) is 19.9. The largest absolute Gasteiger partial charge is 0.514 e. The fraction of sp³-hybridized carbons (Fsp3) is 0.457. The van der Waals surface area contributed by atoms with Crippen molar-refractivity contribution in [1.29, 1.82) is 0 Å². The Morgan fingerprint density at radius 3 is 2.07 bits per heavy atom. The molecule has 0 saturated carbocycles. The lowest BCUT2D eigenvalue weighted by atomic mass is 9.95. The van der Waals surface area contributed by atoms with Crippen LogP contribution in [0.15, 0.2) is 54.6 Å². The fourth-order valence-corrected chi connectivity index (χ4v) is 10.8. The van der Waals surface area contributed by atoms with E-state index in [1.54, 1.807) is 44.2 Å². The lowest BCUT2D eigenvalue weighted by Crippen LogP contribution is -2.71. The minimum atomic E-state index is -3.87. The van der Waals surface area contributed by atoms with Gasteiger partial charge in [-0.05, 0) is 51.0 Å². The van der Waals surface area contributed by atoms with E-state index < -0.39 is 115 Å². The number of rotatable bonds is 13. The second-order valence-corrected chi connectivity index (χ2v) is 18.9. The highest BCUT2D eigenvalue weighted by atomic mass is 32.2. The number of β-lactam (4-membered cyclic amide) rings is 2. The number of non-ortho nitro benzene ring substituents is 1. The molecule has 0 spiro atoms. The second kappa shape index (κ2) is 15.8. The molecule has 1 unspecified atom stereocenters. The number of carbonyl (C=O) groups excluding carboxylic acids is 7. The molecule has 4 fully saturated rings. The standard InChI is InChI=1S/C35H37N5O16S2/c1-34(2)25(30(44)53-16-55-33(47)56-17-54-31(45)26-35(3,4)58(50,51)22-14-21(41)38(22)26)39-28(43)24(29(39)57-34)36-27(42)23(19-8-6-5-7-9-19)37-32(46)52-15-18-10-12-20(13-11-18)40(48)49/h5-13,22-26,29H,14-17H2,1-4H3,(H,36,42)(H,37,46)/t22-,23?,24-,25+,26+,29-/m1/s1. The van der Waals surface area contributed by atoms with Gasteiger partial charge in [0, 0.05) is 16.9 Å². The van der Waals surface area contributed by atoms with Gasteiger partial charge in [-0.2, -0.15) is 0 Å². The molecule has 6 rings (SSSR count). The highest BCUT2D eigenvalue weighted by Gasteiger charge is 2.68. The van der Waals surface area contributed by atoms with Crippen LogP contribution in [-0.4, -0.2) is 117 Å². The molecule has 4 aliphatic rings. The molecule has 6 atom stereocenters. The van der Waals surface area contributed by atoms with Crippen molar-refractivity contribution in [2.45, 2.75) is 85.1 Å². The number of carbonyl (C=O) groups is 7. The van der Waals surface area contributed by atoms with Crippen LogP contribution in [0.25, 0.3) is 0 Å². The van der Waals surface area contributed by atoms with E-state index in [9.17, 15) is 52.1 Å². The number of sulfone groups is 1. The average Bonchev–Trinajstić information content (AvgIpc) is 3.49. The number of amides is 4. The Bertz CT molecular complexity index is 2150. The summed E-state index contributed by atoms with van der Waals surface area (Å²) in [5.41, 5.74) is 0.676. The number of alkyl carbamates (subject to hydrolysis) is 1. The number of nitrogens with one attached hydrogen (secondary N) is 2. The SMILES string of the molecule is CC1(C)S[C@@H]2[C@H](NC(=O)C(NC(=O)OCc3ccc([N+](=O)[O-])cc3)c3ccccc3)C(=O)N2[C@H]1C(=O)OCOC(=O)OCOC(=O)[C@@H]1N2C(=O)C[C@H]2S(=O)(=O)C1(C)C. The van der Waals surface area contributed by atoms with Crippen molar-refractivity contribution < 1.29 is 70.6 Å². The number of benzene rings is 2. The Labute approximate surface area is 334 Å². The Morgan fingerprint density at radius 2 is 1.48 bits per heavy atom. The highest BCUT2D eigenvalue weighted by Crippen LogP contribution is 2.51. The van der Waals surface area contributed by atoms with E-state index in [0.717, 1.165) is 4.90 Å². The molecule has 0 radical (unpaired) electrons. The summed E-state index contributed by atoms with van der Waals surface area (Å²) in [6.07, 6.45) is -2.65. The van der Waals surface area contributed by atoms with E-state index in [1.807, 2.05) is 0 Å². The van der Waals surface area contributed by atoms with Gasteiger partial charge in [0.1, 0.15) is 41.5 Å². The van der Waals surface area contributed by atoms with E-state index >= 15 is 0 Å². The summed E-state index contributed by atoms with van der Waals surface area (Å²) in [6.45, 7) is 3.69. The Kier molecular flexibility index (Phi) is 11.3. The van der Waals surface area contributed by atoms with Crippen molar-refractivity contribution >= 4 is 69.2 Å². The van der Waals surface area contributed by atoms with Gasteiger partial charge in [-0.15, -0.1) is 11.8 Å². The summed E-state index contributed by atoms with van der Waals surface area (Å²) in [7, 11) is -3.87. The van der Waals surface area contributed by atoms with Gasteiger partial charge in [-0.3, -0.25) is 24.5 Å². The molecule has 0 bridgehead atoms. The first-order chi connectivity index (χ1) is 27.3. The number of ether oxygens (including phenoxy) is 5. The van der Waals surface area contributed by atoms with Gasteiger partial charge in [-0.25, -0.2) is 27.6 Å². The molecule has 4 saturated heterocycles. The molecule has 4 heterocycles. The average molecular weight is 848 g/mol. The van der Waals surface area contributed by atoms with Crippen LogP contribution in [-0.2, 0) is 64.1 Å². The second-order valence-electron chi connectivity index (χ2n) is 14.4. The first-order valence-electron chi connectivity index (χ1n) is 17.5. The third-order valence-corrected chi connectivity index (χ3v) is 14.5. The predicted molar refractivity (Wildman–Crippen MR) is 195 cm³/mol. The van der Waals surface area contributed by atoms with Crippen LogP contribution in [0.5, 0.6) is 0 Å². The summed E-state index contributed by atoms with van der Waals surface area (Å²) in [5.74, 6) is -3.98. The molecule has 2 N–H and O–H groups in total. The maximum absolute atomic E-state index is 13.6. The van der Waals surface area contributed by atoms with Crippen LogP contribution < -0.4 is 10.6 Å². The van der Waals surface area contributed by atoms with Crippen LogP contribution in [0.2, 0.25) is 0 Å². The van der Waals surface area contributed by atoms with E-state index in [2.05, 4.69) is 15.4 Å². The van der Waals surface area contributed by atoms with E-state index in [-0.39, 0.29) is 18.7 Å². The smallest absolute Gasteiger partial charge is 0.445 e. The number of nitrogens with zero attached hydrogens (tertiary/aromatic N) is 3. The maximum atomic E-state index is 13.6. The summed E-state index contributed by atoms with van der Waals surface area (Å²) in [5, 5.41) is 14.2. The van der Waals surface area contributed by atoms with Crippen LogP contribution >= 0.6 is 11.8 Å². The lowest BCUT2D eigenvalue weighted by molar-refractivity contribution is -0.384. The van der Waals surface area contributed by atoms with E-state index in [0.29, 0.717) is 11.1 Å². The summed E-state index contributed by atoms with van der Waals surface area (Å²) in [4.78, 5) is 102. The molecule has 0 aliphatic carbocycles. The minimum absolute atomic E-state index is 0.143. The van der Waals surface area contributed by atoms with Crippen LogP contribution in [0, 0.1) is 10.1 Å². The molecular formula is C35H37N5O16S2. The third-order valence-electron chi connectivity index (χ3n) is 10.1. The number of nitro groups is 1. The summed E-state index contributed by atoms with van der Waals surface area (Å²) >= 11 is 1.20. The first kappa shape index (κ1) is 41.7. The molecule has 4 aliphatic heterocycles. The zero-order chi connectivity index (χ0) is 42.3. The number of hydrogen-bond donors (Lipinski definition) is 2. The van der Waals surface area contributed by atoms with Crippen LogP contribution in [0.1, 0.15) is 51.3 Å². The molecule has 21 nitrogen and oxygen atoms in total. The van der Waals surface area contributed by atoms with Crippen molar-refractivity contribution in [3.63, 3.8) is 0 Å². The topological polar surface area (TPSA) is 273 Å². The molecule has 0 aromatic heterocycles. The Hall–Kier alpha value is -5.97. The van der Waals surface area contributed by atoms with Crippen molar-refractivity contribution in [3.05, 3.63) is 75.8 Å². The zero-order valence-corrected chi connectivity index (χ0v) is 32.8. The quantitative estimate of drug-likeness (QED) is 0.0720. The molecule has 23 heteroatoms. The van der Waals surface area contributed by atoms with Gasteiger partial charge >= 0.3 is 24.2 Å². The summed E-state index contributed by atoms with van der Waals surface area (Å²) in [6, 6.07) is 8.42. The van der Waals surface area contributed by atoms with Crippen LogP contribution in [0.4, 0.5) is 15.3 Å². The van der Waals surface area contributed by atoms with Crippen molar-refractivity contribution in [3.8, 4) is 0 Å². The minimum Gasteiger partial charge on any atom is -0.445 e. The van der Waals surface area contributed by atoms with Gasteiger partial charge in [-0.1, -0.05) is 30.3 Å². The van der Waals surface area contributed by atoms with Gasteiger partial charge in [0.2, 0.25) is 31.3 Å². The van der Waals surface area contributed by atoms with E-state index in [4.69, 9.17) is 18.9 Å². The predicted octanol–water partition coefficient (Wildman–Crippen LogP) is 1.40. The number of esters is 2. The van der Waals surface area contributed by atoms with E-state index in [1.165, 1.54) is 54.8 Å². The van der Waals surface area contributed by atoms with Gasteiger partial charge < -0.3 is 44.1 Å². The van der Waals surface area contributed by atoms with Gasteiger partial charge in [0.05, 0.1) is 16.1 Å². The number of thioether (sulfide) groups is 1. The molecule has 310 valence electrons. The molecular weight excluding hydrogens is 811 g/mol.